The highest BCUT2D eigenvalue weighted by Crippen LogP contribution is 2.34. The molecular weight excluding hydrogens is 246 g/mol. The van der Waals surface area contributed by atoms with E-state index in [0.717, 1.165) is 15.8 Å². The second kappa shape index (κ2) is 4.78. The van der Waals surface area contributed by atoms with Gasteiger partial charge >= 0.3 is 0 Å². The first kappa shape index (κ1) is 12.6. The van der Waals surface area contributed by atoms with Gasteiger partial charge in [-0.1, -0.05) is 6.08 Å². The maximum Gasteiger partial charge on any atom is 0.266 e. The van der Waals surface area contributed by atoms with E-state index in [9.17, 15) is 4.79 Å². The number of aromatic nitrogens is 1. The molecule has 2 heterocycles. The van der Waals surface area contributed by atoms with Crippen molar-refractivity contribution in [2.75, 3.05) is 19.3 Å². The van der Waals surface area contributed by atoms with Gasteiger partial charge in [0.25, 0.3) is 5.91 Å². The smallest absolute Gasteiger partial charge is 0.266 e. The molecule has 0 bridgehead atoms. The Hall–Kier alpha value is -1.88. The molecule has 2 rings (SSSR count). The molecule has 94 valence electrons. The van der Waals surface area contributed by atoms with Gasteiger partial charge in [-0.3, -0.25) is 4.79 Å². The Morgan fingerprint density at radius 3 is 3.00 bits per heavy atom. The quantitative estimate of drug-likeness (QED) is 0.863. The molecule has 2 aromatic heterocycles. The van der Waals surface area contributed by atoms with Crippen molar-refractivity contribution < 1.29 is 4.79 Å². The SMILES string of the molecule is C=CCN(C)C(=O)c1sc2nccc(C)c2c1N. The van der Waals surface area contributed by atoms with Crippen LogP contribution >= 0.6 is 11.3 Å². The molecule has 2 aromatic rings. The van der Waals surface area contributed by atoms with Gasteiger partial charge in [-0.05, 0) is 18.6 Å². The molecule has 0 atom stereocenters. The number of pyridine rings is 1. The molecule has 0 unspecified atom stereocenters. The first-order valence-corrected chi connectivity index (χ1v) is 6.37. The van der Waals surface area contributed by atoms with Gasteiger partial charge in [0, 0.05) is 25.2 Å². The summed E-state index contributed by atoms with van der Waals surface area (Å²) in [6.45, 7) is 6.09. The third kappa shape index (κ3) is 1.97. The molecule has 0 fully saturated rings. The van der Waals surface area contributed by atoms with Gasteiger partial charge in [0.15, 0.2) is 0 Å². The molecule has 0 spiro atoms. The van der Waals surface area contributed by atoms with E-state index in [1.165, 1.54) is 11.3 Å². The van der Waals surface area contributed by atoms with E-state index in [2.05, 4.69) is 11.6 Å². The second-order valence-electron chi connectivity index (χ2n) is 4.13. The van der Waals surface area contributed by atoms with E-state index < -0.39 is 0 Å². The Morgan fingerprint density at radius 2 is 2.39 bits per heavy atom. The Balaban J connectivity index is 2.52. The maximum atomic E-state index is 12.2. The number of carbonyl (C=O) groups excluding carboxylic acids is 1. The number of likely N-dealkylation sites (N-methyl/N-ethyl adjacent to an activating group) is 1. The highest BCUT2D eigenvalue weighted by atomic mass is 32.1. The lowest BCUT2D eigenvalue weighted by atomic mass is 10.1. The number of fused-ring (bicyclic) bond motifs is 1. The number of hydrogen-bond donors (Lipinski definition) is 1. The molecule has 0 aliphatic carbocycles. The average Bonchev–Trinajstić information content (AvgIpc) is 2.67. The van der Waals surface area contributed by atoms with Crippen molar-refractivity contribution in [1.29, 1.82) is 0 Å². The minimum Gasteiger partial charge on any atom is -0.397 e. The van der Waals surface area contributed by atoms with E-state index in [-0.39, 0.29) is 5.91 Å². The first-order valence-electron chi connectivity index (χ1n) is 5.56. The topological polar surface area (TPSA) is 59.2 Å². The largest absolute Gasteiger partial charge is 0.397 e. The molecule has 4 nitrogen and oxygen atoms in total. The summed E-state index contributed by atoms with van der Waals surface area (Å²) >= 11 is 1.34. The van der Waals surface area contributed by atoms with E-state index >= 15 is 0 Å². The van der Waals surface area contributed by atoms with Crippen LogP contribution < -0.4 is 5.73 Å². The molecule has 0 aliphatic heterocycles. The van der Waals surface area contributed by atoms with Crippen LogP contribution in [0.3, 0.4) is 0 Å². The van der Waals surface area contributed by atoms with Crippen molar-refractivity contribution in [1.82, 2.24) is 9.88 Å². The zero-order chi connectivity index (χ0) is 13.3. The zero-order valence-electron chi connectivity index (χ0n) is 10.4. The van der Waals surface area contributed by atoms with Crippen LogP contribution in [0.4, 0.5) is 5.69 Å². The molecule has 5 heteroatoms. The van der Waals surface area contributed by atoms with Crippen LogP contribution in [0.5, 0.6) is 0 Å². The third-order valence-electron chi connectivity index (χ3n) is 2.78. The summed E-state index contributed by atoms with van der Waals surface area (Å²) < 4.78 is 0. The average molecular weight is 261 g/mol. The number of nitrogens with zero attached hydrogens (tertiary/aromatic N) is 2. The molecule has 1 amide bonds. The zero-order valence-corrected chi connectivity index (χ0v) is 11.3. The normalized spacial score (nSPS) is 10.6. The number of nitrogen functional groups attached to an aromatic ring is 1. The number of thiophene rings is 1. The number of nitrogens with two attached hydrogens (primary N) is 1. The fourth-order valence-corrected chi connectivity index (χ4v) is 2.95. The highest BCUT2D eigenvalue weighted by Gasteiger charge is 2.20. The van der Waals surface area contributed by atoms with E-state index in [0.29, 0.717) is 17.1 Å². The lowest BCUT2D eigenvalue weighted by molar-refractivity contribution is 0.0816. The van der Waals surface area contributed by atoms with Crippen LogP contribution in [0, 0.1) is 6.92 Å². The van der Waals surface area contributed by atoms with Crippen LogP contribution in [0.1, 0.15) is 15.2 Å². The van der Waals surface area contributed by atoms with Crippen LogP contribution in [-0.2, 0) is 0 Å². The fourth-order valence-electron chi connectivity index (χ4n) is 1.81. The number of anilines is 1. The van der Waals surface area contributed by atoms with Crippen LogP contribution in [0.25, 0.3) is 10.2 Å². The third-order valence-corrected chi connectivity index (χ3v) is 3.88. The standard InChI is InChI=1S/C13H15N3OS/c1-4-7-16(3)13(17)11-10(14)9-8(2)5-6-15-12(9)18-11/h4-6H,1,7,14H2,2-3H3. The number of carbonyl (C=O) groups is 1. The summed E-state index contributed by atoms with van der Waals surface area (Å²) in [6.07, 6.45) is 3.42. The molecule has 0 aromatic carbocycles. The Kier molecular flexibility index (Phi) is 3.34. The molecule has 18 heavy (non-hydrogen) atoms. The monoisotopic (exact) mass is 261 g/mol. The van der Waals surface area contributed by atoms with E-state index in [4.69, 9.17) is 5.73 Å². The summed E-state index contributed by atoms with van der Waals surface area (Å²) in [7, 11) is 1.73. The summed E-state index contributed by atoms with van der Waals surface area (Å²) in [4.78, 5) is 19.4. The lowest BCUT2D eigenvalue weighted by Crippen LogP contribution is -2.26. The number of aryl methyl sites for hydroxylation is 1. The van der Waals surface area contributed by atoms with Gasteiger partial charge in [0.2, 0.25) is 0 Å². The number of hydrogen-bond acceptors (Lipinski definition) is 4. The van der Waals surface area contributed by atoms with Crippen LogP contribution in [-0.4, -0.2) is 29.4 Å². The lowest BCUT2D eigenvalue weighted by Gasteiger charge is -2.13. The fraction of sp³-hybridized carbons (Fsp3) is 0.231. The Labute approximate surface area is 110 Å². The molecule has 0 saturated heterocycles. The molecule has 2 N–H and O–H groups in total. The Morgan fingerprint density at radius 1 is 1.67 bits per heavy atom. The van der Waals surface area contributed by atoms with Gasteiger partial charge in [-0.25, -0.2) is 4.98 Å². The Bertz CT molecular complexity index is 618. The predicted octanol–water partition coefficient (Wildman–Crippen LogP) is 2.44. The molecule has 0 saturated carbocycles. The van der Waals surface area contributed by atoms with Crippen molar-refractivity contribution >= 4 is 33.1 Å². The van der Waals surface area contributed by atoms with Crippen molar-refractivity contribution in [2.45, 2.75) is 6.92 Å². The van der Waals surface area contributed by atoms with Gasteiger partial charge in [-0.2, -0.15) is 0 Å². The minimum absolute atomic E-state index is 0.0881. The first-order chi connectivity index (χ1) is 8.56. The summed E-state index contributed by atoms with van der Waals surface area (Å²) in [5, 5.41) is 0.887. The second-order valence-corrected chi connectivity index (χ2v) is 5.13. The van der Waals surface area contributed by atoms with Crippen molar-refractivity contribution in [3.8, 4) is 0 Å². The molecule has 0 aliphatic rings. The molecular formula is C13H15N3OS. The summed E-state index contributed by atoms with van der Waals surface area (Å²) in [5.74, 6) is -0.0881. The van der Waals surface area contributed by atoms with E-state index in [1.807, 2.05) is 13.0 Å². The highest BCUT2D eigenvalue weighted by molar-refractivity contribution is 7.21. The van der Waals surface area contributed by atoms with Gasteiger partial charge in [0.05, 0.1) is 5.69 Å². The summed E-state index contributed by atoms with van der Waals surface area (Å²) in [5.41, 5.74) is 7.64. The van der Waals surface area contributed by atoms with Gasteiger partial charge < -0.3 is 10.6 Å². The van der Waals surface area contributed by atoms with Crippen molar-refractivity contribution in [2.24, 2.45) is 0 Å². The van der Waals surface area contributed by atoms with Gasteiger partial charge in [-0.15, -0.1) is 17.9 Å². The van der Waals surface area contributed by atoms with Crippen LogP contribution in [0.2, 0.25) is 0 Å². The van der Waals surface area contributed by atoms with Crippen molar-refractivity contribution in [3.63, 3.8) is 0 Å². The maximum absolute atomic E-state index is 12.2. The van der Waals surface area contributed by atoms with Crippen LogP contribution in [0.15, 0.2) is 24.9 Å². The predicted molar refractivity (Wildman–Crippen MR) is 75.9 cm³/mol. The summed E-state index contributed by atoms with van der Waals surface area (Å²) in [6, 6.07) is 1.90. The van der Waals surface area contributed by atoms with Crippen molar-refractivity contribution in [3.05, 3.63) is 35.4 Å². The number of amides is 1. The van der Waals surface area contributed by atoms with Gasteiger partial charge in [0.1, 0.15) is 9.71 Å². The molecule has 0 radical (unpaired) electrons. The number of rotatable bonds is 3. The van der Waals surface area contributed by atoms with E-state index in [1.54, 1.807) is 24.2 Å². The minimum atomic E-state index is -0.0881.